The summed E-state index contributed by atoms with van der Waals surface area (Å²) in [6, 6.07) is 0.924. The molecule has 2 aromatic rings. The van der Waals surface area contributed by atoms with Crippen LogP contribution >= 0.6 is 24.4 Å². The van der Waals surface area contributed by atoms with Crippen LogP contribution in [0, 0.1) is 9.54 Å². The van der Waals surface area contributed by atoms with Crippen molar-refractivity contribution >= 4 is 24.4 Å². The van der Waals surface area contributed by atoms with Crippen LogP contribution in [0.15, 0.2) is 24.8 Å². The Morgan fingerprint density at radius 1 is 0.833 bits per heavy atom. The van der Waals surface area contributed by atoms with E-state index < -0.39 is 0 Å². The third-order valence-electron chi connectivity index (χ3n) is 2.47. The fraction of sp³-hybridized carbons (Fsp3) is 0.500. The van der Waals surface area contributed by atoms with Crippen molar-refractivity contribution in [3.05, 3.63) is 34.3 Å². The van der Waals surface area contributed by atoms with Crippen molar-refractivity contribution in [2.24, 2.45) is 0 Å². The highest BCUT2D eigenvalue weighted by Crippen LogP contribution is 2.03. The van der Waals surface area contributed by atoms with Crippen molar-refractivity contribution in [1.29, 1.82) is 0 Å². The van der Waals surface area contributed by atoms with Crippen molar-refractivity contribution in [3.63, 3.8) is 0 Å². The van der Waals surface area contributed by atoms with Gasteiger partial charge in [-0.15, -0.1) is 0 Å². The average molecular weight is 284 g/mol. The molecule has 100 valence electrons. The number of imidazole rings is 2. The topological polar surface area (TPSA) is 41.4 Å². The smallest absolute Gasteiger partial charge is 0.177 e. The molecule has 2 heterocycles. The molecule has 0 atom stereocenters. The predicted octanol–water partition coefficient (Wildman–Crippen LogP) is 4.25. The van der Waals surface area contributed by atoms with E-state index in [0.29, 0.717) is 12.1 Å². The van der Waals surface area contributed by atoms with Crippen LogP contribution in [0.2, 0.25) is 0 Å². The summed E-state index contributed by atoms with van der Waals surface area (Å²) in [6.07, 6.45) is 7.60. The van der Waals surface area contributed by atoms with Crippen molar-refractivity contribution in [1.82, 2.24) is 19.1 Å². The first kappa shape index (κ1) is 14.9. The van der Waals surface area contributed by atoms with Gasteiger partial charge in [0.25, 0.3) is 0 Å². The van der Waals surface area contributed by atoms with Crippen LogP contribution in [0.25, 0.3) is 0 Å². The lowest BCUT2D eigenvalue weighted by atomic mass is 10.4. The first-order valence-corrected chi connectivity index (χ1v) is 6.76. The lowest BCUT2D eigenvalue weighted by molar-refractivity contribution is 0.592. The SMILES string of the molecule is CC(C)n1cc[nH]c1=S.CC(C)n1cc[nH]c1=S. The summed E-state index contributed by atoms with van der Waals surface area (Å²) in [4.78, 5) is 5.86. The number of aromatic nitrogens is 4. The molecule has 0 saturated heterocycles. The van der Waals surface area contributed by atoms with Gasteiger partial charge in [-0.05, 0) is 52.1 Å². The third-order valence-corrected chi connectivity index (χ3v) is 3.12. The maximum Gasteiger partial charge on any atom is 0.177 e. The van der Waals surface area contributed by atoms with Crippen molar-refractivity contribution in [2.75, 3.05) is 0 Å². The summed E-state index contributed by atoms with van der Waals surface area (Å²) in [6.45, 7) is 8.40. The van der Waals surface area contributed by atoms with E-state index in [1.54, 1.807) is 0 Å². The maximum absolute atomic E-state index is 4.97. The van der Waals surface area contributed by atoms with Gasteiger partial charge >= 0.3 is 0 Å². The number of nitrogens with zero attached hydrogens (tertiary/aromatic N) is 2. The molecular formula is C12H20N4S2. The second-order valence-corrected chi connectivity index (χ2v) is 5.31. The summed E-state index contributed by atoms with van der Waals surface area (Å²) >= 11 is 9.94. The maximum atomic E-state index is 4.97. The molecule has 2 rings (SSSR count). The Morgan fingerprint density at radius 3 is 1.28 bits per heavy atom. The van der Waals surface area contributed by atoms with Gasteiger partial charge in [0.1, 0.15) is 0 Å². The summed E-state index contributed by atoms with van der Waals surface area (Å²) in [5.74, 6) is 0. The molecule has 0 aliphatic rings. The number of hydrogen-bond acceptors (Lipinski definition) is 2. The van der Waals surface area contributed by atoms with E-state index in [-0.39, 0.29) is 0 Å². The van der Waals surface area contributed by atoms with Gasteiger partial charge in [0.2, 0.25) is 0 Å². The van der Waals surface area contributed by atoms with Crippen molar-refractivity contribution in [3.8, 4) is 0 Å². The zero-order chi connectivity index (χ0) is 13.7. The highest BCUT2D eigenvalue weighted by molar-refractivity contribution is 7.71. The van der Waals surface area contributed by atoms with Crippen LogP contribution < -0.4 is 0 Å². The molecule has 2 aromatic heterocycles. The summed E-state index contributed by atoms with van der Waals surface area (Å²) in [5.41, 5.74) is 0. The molecule has 0 unspecified atom stereocenters. The quantitative estimate of drug-likeness (QED) is 0.809. The number of H-pyrrole nitrogens is 2. The molecule has 0 saturated carbocycles. The molecule has 2 N–H and O–H groups in total. The van der Waals surface area contributed by atoms with Gasteiger partial charge in [0, 0.05) is 36.9 Å². The zero-order valence-corrected chi connectivity index (χ0v) is 12.8. The first-order valence-electron chi connectivity index (χ1n) is 5.94. The van der Waals surface area contributed by atoms with E-state index in [9.17, 15) is 0 Å². The Balaban J connectivity index is 0.000000180. The molecule has 0 bridgehead atoms. The summed E-state index contributed by atoms with van der Waals surface area (Å²) in [7, 11) is 0. The minimum atomic E-state index is 0.462. The second-order valence-electron chi connectivity index (χ2n) is 4.53. The molecule has 0 aromatic carbocycles. The van der Waals surface area contributed by atoms with Gasteiger partial charge in [0.15, 0.2) is 9.54 Å². The largest absolute Gasteiger partial charge is 0.337 e. The van der Waals surface area contributed by atoms with E-state index in [2.05, 4.69) is 37.7 Å². The standard InChI is InChI=1S/2C6H10N2S/c2*1-5(2)8-4-3-7-6(8)9/h2*3-5H,1-2H3,(H,7,9). The molecule has 0 aliphatic heterocycles. The Bertz CT molecular complexity index is 519. The zero-order valence-electron chi connectivity index (χ0n) is 11.2. The molecule has 4 nitrogen and oxygen atoms in total. The highest BCUT2D eigenvalue weighted by Gasteiger charge is 1.95. The molecule has 0 radical (unpaired) electrons. The summed E-state index contributed by atoms with van der Waals surface area (Å²) < 4.78 is 5.61. The van der Waals surface area contributed by atoms with E-state index in [4.69, 9.17) is 24.4 Å². The van der Waals surface area contributed by atoms with Crippen LogP contribution in [0.5, 0.6) is 0 Å². The average Bonchev–Trinajstić information content (AvgIpc) is 2.87. The predicted molar refractivity (Wildman–Crippen MR) is 80.0 cm³/mol. The normalized spacial score (nSPS) is 10.6. The fourth-order valence-electron chi connectivity index (χ4n) is 1.48. The fourth-order valence-corrected chi connectivity index (χ4v) is 2.15. The van der Waals surface area contributed by atoms with Gasteiger partial charge in [0.05, 0.1) is 0 Å². The van der Waals surface area contributed by atoms with Crippen molar-refractivity contribution < 1.29 is 0 Å². The van der Waals surface area contributed by atoms with Crippen LogP contribution in [0.1, 0.15) is 39.8 Å². The molecular weight excluding hydrogens is 264 g/mol. The van der Waals surface area contributed by atoms with Gasteiger partial charge in [-0.3, -0.25) is 0 Å². The minimum absolute atomic E-state index is 0.462. The number of hydrogen-bond donors (Lipinski definition) is 2. The van der Waals surface area contributed by atoms with Gasteiger partial charge in [-0.25, -0.2) is 0 Å². The van der Waals surface area contributed by atoms with Gasteiger partial charge in [-0.1, -0.05) is 0 Å². The number of aromatic amines is 2. The molecule has 0 spiro atoms. The molecule has 18 heavy (non-hydrogen) atoms. The number of nitrogens with one attached hydrogen (secondary N) is 2. The van der Waals surface area contributed by atoms with E-state index in [0.717, 1.165) is 9.54 Å². The molecule has 6 heteroatoms. The van der Waals surface area contributed by atoms with E-state index >= 15 is 0 Å². The number of rotatable bonds is 2. The molecule has 0 amide bonds. The van der Waals surface area contributed by atoms with E-state index in [1.807, 2.05) is 33.9 Å². The monoisotopic (exact) mass is 284 g/mol. The van der Waals surface area contributed by atoms with Crippen molar-refractivity contribution in [2.45, 2.75) is 39.8 Å². The lowest BCUT2D eigenvalue weighted by Crippen LogP contribution is -1.97. The second kappa shape index (κ2) is 6.70. The summed E-state index contributed by atoms with van der Waals surface area (Å²) in [5, 5.41) is 0. The Labute approximate surface area is 118 Å². The van der Waals surface area contributed by atoms with Crippen LogP contribution in [0.3, 0.4) is 0 Å². The Hall–Kier alpha value is -1.14. The Morgan fingerprint density at radius 2 is 1.17 bits per heavy atom. The van der Waals surface area contributed by atoms with Crippen LogP contribution in [0.4, 0.5) is 0 Å². The first-order chi connectivity index (χ1) is 8.43. The molecule has 0 aliphatic carbocycles. The van der Waals surface area contributed by atoms with Gasteiger partial charge < -0.3 is 19.1 Å². The minimum Gasteiger partial charge on any atom is -0.337 e. The third kappa shape index (κ3) is 3.96. The highest BCUT2D eigenvalue weighted by atomic mass is 32.1. The van der Waals surface area contributed by atoms with Gasteiger partial charge in [-0.2, -0.15) is 0 Å². The lowest BCUT2D eigenvalue weighted by Gasteiger charge is -2.03. The van der Waals surface area contributed by atoms with Crippen LogP contribution in [-0.4, -0.2) is 19.1 Å². The van der Waals surface area contributed by atoms with Crippen LogP contribution in [-0.2, 0) is 0 Å². The van der Waals surface area contributed by atoms with E-state index in [1.165, 1.54) is 0 Å². The Kier molecular flexibility index (Phi) is 5.55. The molecule has 0 fully saturated rings.